The van der Waals surface area contributed by atoms with E-state index in [1.54, 1.807) is 17.0 Å². The van der Waals surface area contributed by atoms with Gasteiger partial charge in [0.2, 0.25) is 0 Å². The van der Waals surface area contributed by atoms with Crippen LogP contribution >= 0.6 is 0 Å². The Kier molecular flexibility index (Phi) is 5.13. The molecule has 2 amide bonds. The average molecular weight is 469 g/mol. The monoisotopic (exact) mass is 468 g/mol. The first-order valence-corrected chi connectivity index (χ1v) is 14.2. The number of hydrogen-bond donors (Lipinski definition) is 3. The molecular formula is C24H28N2O6Si. The van der Waals surface area contributed by atoms with Crippen LogP contribution in [0.1, 0.15) is 18.9 Å². The average Bonchev–Trinajstić information content (AvgIpc) is 3.22. The molecule has 3 aliphatic rings. The Hall–Kier alpha value is -2.72. The zero-order valence-electron chi connectivity index (χ0n) is 18.9. The summed E-state index contributed by atoms with van der Waals surface area (Å²) in [6.07, 6.45) is -0.103. The van der Waals surface area contributed by atoms with Crippen LogP contribution in [0, 0.1) is 5.92 Å². The Bertz CT molecular complexity index is 1130. The second kappa shape index (κ2) is 7.66. The first-order chi connectivity index (χ1) is 15.7. The van der Waals surface area contributed by atoms with Crippen molar-refractivity contribution in [2.75, 3.05) is 23.4 Å². The molecule has 9 heteroatoms. The van der Waals surface area contributed by atoms with E-state index in [1.807, 2.05) is 50.3 Å². The molecule has 33 heavy (non-hydrogen) atoms. The van der Waals surface area contributed by atoms with Crippen molar-refractivity contribution in [1.29, 1.82) is 0 Å². The summed E-state index contributed by atoms with van der Waals surface area (Å²) in [5.41, 5.74) is 1.00. The zero-order valence-corrected chi connectivity index (χ0v) is 19.9. The number of aliphatic hydroxyl groups is 1. The lowest BCUT2D eigenvalue weighted by atomic mass is 9.82. The lowest BCUT2D eigenvalue weighted by Crippen LogP contribution is -2.43. The topological polar surface area (TPSA) is 108 Å². The second-order valence-corrected chi connectivity index (χ2v) is 13.5. The number of ether oxygens (including phenoxy) is 2. The third-order valence-electron chi connectivity index (χ3n) is 7.10. The van der Waals surface area contributed by atoms with E-state index in [-0.39, 0.29) is 36.5 Å². The number of nitrogens with zero attached hydrogens (tertiary/aromatic N) is 1. The molecular weight excluding hydrogens is 440 g/mol. The number of aliphatic hydroxyl groups excluding tert-OH is 1. The summed E-state index contributed by atoms with van der Waals surface area (Å²) in [7, 11) is -2.73. The molecule has 3 heterocycles. The van der Waals surface area contributed by atoms with Crippen LogP contribution in [0.25, 0.3) is 0 Å². The van der Waals surface area contributed by atoms with Gasteiger partial charge in [0.1, 0.15) is 5.75 Å². The smallest absolute Gasteiger partial charge is 0.269 e. The molecule has 0 unspecified atom stereocenters. The minimum Gasteiger partial charge on any atom is -0.482 e. The van der Waals surface area contributed by atoms with Gasteiger partial charge in [-0.2, -0.15) is 0 Å². The van der Waals surface area contributed by atoms with E-state index in [2.05, 4.69) is 5.32 Å². The number of carbonyl (C=O) groups excluding carboxylic acids is 2. The van der Waals surface area contributed by atoms with Crippen molar-refractivity contribution in [2.45, 2.75) is 43.7 Å². The first-order valence-electron chi connectivity index (χ1n) is 11.2. The molecule has 2 aromatic carbocycles. The zero-order chi connectivity index (χ0) is 23.5. The summed E-state index contributed by atoms with van der Waals surface area (Å²) in [6, 6.07) is 12.7. The lowest BCUT2D eigenvalue weighted by molar-refractivity contribution is -0.143. The molecule has 1 spiro atoms. The van der Waals surface area contributed by atoms with Crippen LogP contribution in [0.4, 0.5) is 17.1 Å². The van der Waals surface area contributed by atoms with Gasteiger partial charge < -0.3 is 24.7 Å². The largest absolute Gasteiger partial charge is 0.482 e. The second-order valence-electron chi connectivity index (χ2n) is 9.54. The number of hydrogen-bond acceptors (Lipinski definition) is 6. The number of nitrogens with one attached hydrogen (secondary N) is 1. The maximum atomic E-state index is 13.4. The van der Waals surface area contributed by atoms with Crippen LogP contribution in [0.15, 0.2) is 42.5 Å². The van der Waals surface area contributed by atoms with Gasteiger partial charge in [-0.05, 0) is 49.8 Å². The predicted molar refractivity (Wildman–Crippen MR) is 125 cm³/mol. The van der Waals surface area contributed by atoms with Gasteiger partial charge in [0.15, 0.2) is 20.5 Å². The normalized spacial score (nSPS) is 28.5. The molecule has 0 aliphatic carbocycles. The van der Waals surface area contributed by atoms with Gasteiger partial charge in [-0.1, -0.05) is 19.1 Å². The molecule has 0 radical (unpaired) electrons. The maximum Gasteiger partial charge on any atom is 0.269 e. The molecule has 2 aromatic rings. The predicted octanol–water partition coefficient (Wildman–Crippen LogP) is 2.88. The fourth-order valence-corrected chi connectivity index (χ4v) is 8.41. The molecule has 4 atom stereocenters. The van der Waals surface area contributed by atoms with Crippen molar-refractivity contribution in [3.05, 3.63) is 48.0 Å². The van der Waals surface area contributed by atoms with Gasteiger partial charge in [0.05, 0.1) is 11.8 Å². The number of rotatable bonds is 4. The van der Waals surface area contributed by atoms with Crippen LogP contribution in [-0.2, 0) is 19.9 Å². The highest BCUT2D eigenvalue weighted by Crippen LogP contribution is 2.58. The van der Waals surface area contributed by atoms with Crippen LogP contribution in [0.5, 0.6) is 5.75 Å². The van der Waals surface area contributed by atoms with Crippen LogP contribution < -0.4 is 15.0 Å². The van der Waals surface area contributed by atoms with Crippen LogP contribution in [-0.4, -0.2) is 49.4 Å². The molecule has 1 fully saturated rings. The SMILES string of the molecule is C[C@H]1[C@H]([Si](C)(C)O)[C@@H](CCO)O[C@]12C(=O)Nc1ccc(N3C(=O)COc4ccccc43)cc12. The van der Waals surface area contributed by atoms with Crippen LogP contribution in [0.2, 0.25) is 18.6 Å². The van der Waals surface area contributed by atoms with Crippen LogP contribution in [0.3, 0.4) is 0 Å². The van der Waals surface area contributed by atoms with Crippen molar-refractivity contribution in [3.63, 3.8) is 0 Å². The van der Waals surface area contributed by atoms with E-state index in [0.717, 1.165) is 0 Å². The number of carbonyl (C=O) groups is 2. The third-order valence-corrected chi connectivity index (χ3v) is 9.60. The summed E-state index contributed by atoms with van der Waals surface area (Å²) < 4.78 is 12.0. The van der Waals surface area contributed by atoms with E-state index in [1.165, 1.54) is 0 Å². The molecule has 8 nitrogen and oxygen atoms in total. The Morgan fingerprint density at radius 2 is 1.97 bits per heavy atom. The van der Waals surface area contributed by atoms with Crippen molar-refractivity contribution in [2.24, 2.45) is 5.92 Å². The number of fused-ring (bicyclic) bond motifs is 3. The lowest BCUT2D eigenvalue weighted by Gasteiger charge is -2.33. The quantitative estimate of drug-likeness (QED) is 0.596. The van der Waals surface area contributed by atoms with Gasteiger partial charge in [-0.15, -0.1) is 0 Å². The molecule has 5 rings (SSSR count). The van der Waals surface area contributed by atoms with Gasteiger partial charge in [0, 0.05) is 35.0 Å². The highest BCUT2D eigenvalue weighted by atomic mass is 28.4. The number of amides is 2. The third kappa shape index (κ3) is 3.22. The number of anilines is 3. The minimum atomic E-state index is -2.73. The highest BCUT2D eigenvalue weighted by Gasteiger charge is 2.64. The van der Waals surface area contributed by atoms with Crippen molar-refractivity contribution in [3.8, 4) is 5.75 Å². The molecule has 3 aliphatic heterocycles. The Labute approximate surface area is 193 Å². The molecule has 0 aromatic heterocycles. The van der Waals surface area contributed by atoms with E-state index >= 15 is 0 Å². The van der Waals surface area contributed by atoms with Crippen molar-refractivity contribution < 1.29 is 29.0 Å². The van der Waals surface area contributed by atoms with E-state index < -0.39 is 20.0 Å². The molecule has 3 N–H and O–H groups in total. The Morgan fingerprint density at radius 3 is 2.70 bits per heavy atom. The van der Waals surface area contributed by atoms with Crippen molar-refractivity contribution in [1.82, 2.24) is 0 Å². The van der Waals surface area contributed by atoms with E-state index in [0.29, 0.717) is 34.8 Å². The Morgan fingerprint density at radius 1 is 1.21 bits per heavy atom. The standard InChI is InChI=1S/C24H28N2O6Si/c1-14-22(33(2,3)30)20(10-11-27)32-24(14)16-12-15(8-9-17(16)25-23(24)29)26-18-6-4-5-7-19(18)31-13-21(26)28/h4-9,12,14,20,22,27,30H,10-11,13H2,1-3H3,(H,25,29)/t14-,20+,22-,24+/m0/s1. The minimum absolute atomic E-state index is 0.0751. The summed E-state index contributed by atoms with van der Waals surface area (Å²) in [6.45, 7) is 5.45. The maximum absolute atomic E-state index is 13.4. The van der Waals surface area contributed by atoms with E-state index in [9.17, 15) is 19.5 Å². The Balaban J connectivity index is 1.63. The first kappa shape index (κ1) is 22.1. The summed E-state index contributed by atoms with van der Waals surface area (Å²) in [5, 5.41) is 12.6. The van der Waals surface area contributed by atoms with E-state index in [4.69, 9.17) is 9.47 Å². The molecule has 0 saturated carbocycles. The summed E-state index contributed by atoms with van der Waals surface area (Å²) >= 11 is 0. The van der Waals surface area contributed by atoms with Gasteiger partial charge in [0.25, 0.3) is 11.8 Å². The fraction of sp³-hybridized carbons (Fsp3) is 0.417. The molecule has 0 bridgehead atoms. The molecule has 174 valence electrons. The number of para-hydroxylation sites is 2. The van der Waals surface area contributed by atoms with Gasteiger partial charge in [-0.25, -0.2) is 0 Å². The van der Waals surface area contributed by atoms with Gasteiger partial charge in [-0.3, -0.25) is 14.5 Å². The highest BCUT2D eigenvalue weighted by molar-refractivity contribution is 6.71. The fourth-order valence-electron chi connectivity index (χ4n) is 5.81. The van der Waals surface area contributed by atoms with Gasteiger partial charge >= 0.3 is 0 Å². The molecule has 1 saturated heterocycles. The summed E-state index contributed by atoms with van der Waals surface area (Å²) in [4.78, 5) is 38.9. The van der Waals surface area contributed by atoms with Crippen molar-refractivity contribution >= 4 is 37.2 Å². The summed E-state index contributed by atoms with van der Waals surface area (Å²) in [5.74, 6) is -0.187. The number of benzene rings is 2.